The topological polar surface area (TPSA) is 90.1 Å². The molecule has 142 valence electrons. The van der Waals surface area contributed by atoms with Gasteiger partial charge in [0.1, 0.15) is 11.6 Å². The van der Waals surface area contributed by atoms with Crippen LogP contribution < -0.4 is 5.32 Å². The van der Waals surface area contributed by atoms with Crippen LogP contribution in [-0.2, 0) is 4.79 Å². The molecule has 0 bridgehead atoms. The summed E-state index contributed by atoms with van der Waals surface area (Å²) in [6.45, 7) is 1.79. The van der Waals surface area contributed by atoms with E-state index < -0.39 is 4.92 Å². The summed E-state index contributed by atoms with van der Waals surface area (Å²) in [5.74, 6) is -0.447. The quantitative estimate of drug-likeness (QED) is 0.536. The fraction of sp³-hybridized carbons (Fsp3) is 0.200. The van der Waals surface area contributed by atoms with Gasteiger partial charge in [-0.05, 0) is 43.0 Å². The van der Waals surface area contributed by atoms with Crippen molar-refractivity contribution in [3.63, 3.8) is 0 Å². The summed E-state index contributed by atoms with van der Waals surface area (Å²) in [6.07, 6.45) is 0.595. The maximum absolute atomic E-state index is 13.9. The van der Waals surface area contributed by atoms with Crippen LogP contribution in [0.3, 0.4) is 0 Å². The summed E-state index contributed by atoms with van der Waals surface area (Å²) < 4.78 is 15.5. The molecule has 3 aromatic rings. The van der Waals surface area contributed by atoms with Gasteiger partial charge in [-0.2, -0.15) is 5.10 Å². The van der Waals surface area contributed by atoms with E-state index in [1.165, 1.54) is 22.9 Å². The number of benzene rings is 2. The van der Waals surface area contributed by atoms with Gasteiger partial charge in [0.25, 0.3) is 5.69 Å². The van der Waals surface area contributed by atoms with Gasteiger partial charge in [0.15, 0.2) is 0 Å². The monoisotopic (exact) mass is 380 g/mol. The van der Waals surface area contributed by atoms with Crippen LogP contribution in [0.5, 0.6) is 0 Å². The number of carbonyl (C=O) groups is 1. The number of amides is 1. The Balaban J connectivity index is 1.52. The number of non-ortho nitro benzene ring substituents is 1. The third-order valence-electron chi connectivity index (χ3n) is 4.82. The molecule has 0 spiro atoms. The number of nitro groups is 1. The van der Waals surface area contributed by atoms with Gasteiger partial charge in [0.05, 0.1) is 16.3 Å². The highest BCUT2D eigenvalue weighted by atomic mass is 19.1. The summed E-state index contributed by atoms with van der Waals surface area (Å²) >= 11 is 0. The smallest absolute Gasteiger partial charge is 0.269 e. The number of nitrogens with zero attached hydrogens (tertiary/aromatic N) is 3. The molecule has 1 aliphatic carbocycles. The molecule has 2 atom stereocenters. The van der Waals surface area contributed by atoms with E-state index in [4.69, 9.17) is 0 Å². The molecule has 0 radical (unpaired) electrons. The Morgan fingerprint density at radius 3 is 2.64 bits per heavy atom. The molecule has 2 aromatic carbocycles. The van der Waals surface area contributed by atoms with Gasteiger partial charge in [-0.25, -0.2) is 9.07 Å². The van der Waals surface area contributed by atoms with Gasteiger partial charge in [-0.15, -0.1) is 0 Å². The summed E-state index contributed by atoms with van der Waals surface area (Å²) in [4.78, 5) is 23.0. The Hall–Kier alpha value is -3.55. The molecule has 8 heteroatoms. The number of hydrogen-bond acceptors (Lipinski definition) is 4. The standard InChI is InChI=1S/C20H17FN4O3/c1-12-10-19(24(23-12)13-6-8-14(9-7-13)25(27)28)22-20(26)17-11-16(17)15-4-2-3-5-18(15)21/h2-10,16-17H,11H2,1H3,(H,22,26). The van der Waals surface area contributed by atoms with Crippen molar-refractivity contribution in [2.75, 3.05) is 5.32 Å². The lowest BCUT2D eigenvalue weighted by Gasteiger charge is -2.09. The number of anilines is 1. The molecule has 1 fully saturated rings. The molecule has 1 saturated carbocycles. The number of rotatable bonds is 5. The van der Waals surface area contributed by atoms with Crippen molar-refractivity contribution >= 4 is 17.4 Å². The van der Waals surface area contributed by atoms with Crippen LogP contribution in [0.25, 0.3) is 5.69 Å². The summed E-state index contributed by atoms with van der Waals surface area (Å²) in [6, 6.07) is 14.1. The number of halogens is 1. The number of hydrogen-bond donors (Lipinski definition) is 1. The van der Waals surface area contributed by atoms with E-state index >= 15 is 0 Å². The molecular formula is C20H17FN4O3. The number of nitro benzene ring substituents is 1. The second-order valence-corrected chi connectivity index (χ2v) is 6.82. The van der Waals surface area contributed by atoms with E-state index in [1.807, 2.05) is 0 Å². The molecule has 28 heavy (non-hydrogen) atoms. The molecule has 1 aliphatic rings. The van der Waals surface area contributed by atoms with Crippen LogP contribution in [0, 0.1) is 28.8 Å². The minimum absolute atomic E-state index is 0.0241. The molecule has 1 amide bonds. The van der Waals surface area contributed by atoms with Gasteiger partial charge in [-0.1, -0.05) is 18.2 Å². The normalized spacial score (nSPS) is 17.9. The largest absolute Gasteiger partial charge is 0.310 e. The number of aryl methyl sites for hydroxylation is 1. The Morgan fingerprint density at radius 1 is 1.25 bits per heavy atom. The molecule has 4 rings (SSSR count). The molecule has 0 aliphatic heterocycles. The number of carbonyl (C=O) groups excluding carboxylic acids is 1. The van der Waals surface area contributed by atoms with Gasteiger partial charge in [0.2, 0.25) is 5.91 Å². The molecule has 7 nitrogen and oxygen atoms in total. The van der Waals surface area contributed by atoms with Crippen LogP contribution >= 0.6 is 0 Å². The predicted molar refractivity (Wildman–Crippen MR) is 101 cm³/mol. The first kappa shape index (κ1) is 17.8. The maximum atomic E-state index is 13.9. The number of aromatic nitrogens is 2. The Kier molecular flexibility index (Phi) is 4.38. The van der Waals surface area contributed by atoms with Crippen LogP contribution in [-0.4, -0.2) is 20.6 Å². The Labute approximate surface area is 160 Å². The van der Waals surface area contributed by atoms with Crippen molar-refractivity contribution in [3.8, 4) is 5.69 Å². The second-order valence-electron chi connectivity index (χ2n) is 6.82. The zero-order valence-electron chi connectivity index (χ0n) is 15.0. The summed E-state index contributed by atoms with van der Waals surface area (Å²) in [7, 11) is 0. The van der Waals surface area contributed by atoms with Crippen molar-refractivity contribution in [3.05, 3.63) is 81.8 Å². The first-order chi connectivity index (χ1) is 13.4. The van der Waals surface area contributed by atoms with Gasteiger partial charge in [-0.3, -0.25) is 14.9 Å². The molecule has 0 saturated heterocycles. The molecular weight excluding hydrogens is 363 g/mol. The highest BCUT2D eigenvalue weighted by molar-refractivity contribution is 5.94. The lowest BCUT2D eigenvalue weighted by atomic mass is 10.1. The SMILES string of the molecule is Cc1cc(NC(=O)C2CC2c2ccccc2F)n(-c2ccc([N+](=O)[O-])cc2)n1. The summed E-state index contributed by atoms with van der Waals surface area (Å²) in [5, 5.41) is 18.0. The highest BCUT2D eigenvalue weighted by Gasteiger charge is 2.45. The van der Waals surface area contributed by atoms with E-state index in [1.54, 1.807) is 43.3 Å². The Bertz CT molecular complexity index is 1060. The van der Waals surface area contributed by atoms with E-state index in [-0.39, 0.29) is 29.2 Å². The summed E-state index contributed by atoms with van der Waals surface area (Å²) in [5.41, 5.74) is 1.82. The zero-order chi connectivity index (χ0) is 19.8. The van der Waals surface area contributed by atoms with E-state index in [9.17, 15) is 19.3 Å². The third kappa shape index (κ3) is 3.36. The van der Waals surface area contributed by atoms with E-state index in [2.05, 4.69) is 10.4 Å². The van der Waals surface area contributed by atoms with Gasteiger partial charge in [0, 0.05) is 24.1 Å². The fourth-order valence-electron chi connectivity index (χ4n) is 3.32. The lowest BCUT2D eigenvalue weighted by molar-refractivity contribution is -0.384. The molecule has 1 heterocycles. The Morgan fingerprint density at radius 2 is 1.96 bits per heavy atom. The lowest BCUT2D eigenvalue weighted by Crippen LogP contribution is -2.17. The maximum Gasteiger partial charge on any atom is 0.269 e. The van der Waals surface area contributed by atoms with Gasteiger partial charge >= 0.3 is 0 Å². The van der Waals surface area contributed by atoms with Crippen molar-refractivity contribution in [1.82, 2.24) is 9.78 Å². The first-order valence-electron chi connectivity index (χ1n) is 8.81. The van der Waals surface area contributed by atoms with Crippen LogP contribution in [0.4, 0.5) is 15.9 Å². The molecule has 2 unspecified atom stereocenters. The van der Waals surface area contributed by atoms with Gasteiger partial charge < -0.3 is 5.32 Å². The third-order valence-corrected chi connectivity index (χ3v) is 4.82. The second kappa shape index (κ2) is 6.88. The molecule has 1 aromatic heterocycles. The van der Waals surface area contributed by atoms with Crippen molar-refractivity contribution in [1.29, 1.82) is 0 Å². The minimum atomic E-state index is -0.475. The van der Waals surface area contributed by atoms with Crippen LogP contribution in [0.15, 0.2) is 54.6 Å². The fourth-order valence-corrected chi connectivity index (χ4v) is 3.32. The number of nitrogens with one attached hydrogen (secondary N) is 1. The van der Waals surface area contributed by atoms with Crippen molar-refractivity contribution < 1.29 is 14.1 Å². The van der Waals surface area contributed by atoms with E-state index in [0.29, 0.717) is 29.2 Å². The van der Waals surface area contributed by atoms with Crippen LogP contribution in [0.2, 0.25) is 0 Å². The van der Waals surface area contributed by atoms with Crippen LogP contribution in [0.1, 0.15) is 23.6 Å². The minimum Gasteiger partial charge on any atom is -0.310 e. The molecule has 1 N–H and O–H groups in total. The van der Waals surface area contributed by atoms with E-state index in [0.717, 1.165) is 0 Å². The zero-order valence-corrected chi connectivity index (χ0v) is 15.0. The first-order valence-corrected chi connectivity index (χ1v) is 8.81. The average Bonchev–Trinajstić information content (AvgIpc) is 3.39. The predicted octanol–water partition coefficient (Wildman–Crippen LogP) is 3.97. The van der Waals surface area contributed by atoms with Crippen molar-refractivity contribution in [2.45, 2.75) is 19.3 Å². The average molecular weight is 380 g/mol. The van der Waals surface area contributed by atoms with Crippen molar-refractivity contribution in [2.24, 2.45) is 5.92 Å². The highest BCUT2D eigenvalue weighted by Crippen LogP contribution is 2.48.